The van der Waals surface area contributed by atoms with Gasteiger partial charge in [-0.15, -0.1) is 0 Å². The predicted octanol–water partition coefficient (Wildman–Crippen LogP) is 3.91. The summed E-state index contributed by atoms with van der Waals surface area (Å²) in [5.74, 6) is 0.877. The molecule has 0 spiro atoms. The van der Waals surface area contributed by atoms with Gasteiger partial charge in [0.2, 0.25) is 0 Å². The van der Waals surface area contributed by atoms with Gasteiger partial charge in [0.15, 0.2) is 0 Å². The SMILES string of the molecule is CCC(C)[C]1([Hf])CCc2ccc3c(c21)CCC3. The van der Waals surface area contributed by atoms with Gasteiger partial charge in [0.25, 0.3) is 0 Å². The van der Waals surface area contributed by atoms with E-state index in [4.69, 9.17) is 0 Å². The van der Waals surface area contributed by atoms with Crippen LogP contribution in [0.3, 0.4) is 0 Å². The summed E-state index contributed by atoms with van der Waals surface area (Å²) in [5.41, 5.74) is 6.97. The number of hydrogen-bond acceptors (Lipinski definition) is 0. The molecule has 17 heavy (non-hydrogen) atoms. The summed E-state index contributed by atoms with van der Waals surface area (Å²) < 4.78 is 0.597. The van der Waals surface area contributed by atoms with Crippen LogP contribution in [0.4, 0.5) is 0 Å². The molecule has 0 N–H and O–H groups in total. The van der Waals surface area contributed by atoms with Gasteiger partial charge in [0.05, 0.1) is 0 Å². The Bertz CT molecular complexity index is 449. The zero-order valence-electron chi connectivity index (χ0n) is 11.0. The molecule has 2 atom stereocenters. The number of hydrogen-bond donors (Lipinski definition) is 0. The van der Waals surface area contributed by atoms with E-state index in [0.29, 0.717) is 3.17 Å². The van der Waals surface area contributed by atoms with Crippen LogP contribution < -0.4 is 0 Å². The number of fused-ring (bicyclic) bond motifs is 3. The van der Waals surface area contributed by atoms with Crippen molar-refractivity contribution in [2.75, 3.05) is 0 Å². The molecular formula is C16H21Hf. The molecule has 0 nitrogen and oxygen atoms in total. The molecule has 0 saturated heterocycles. The summed E-state index contributed by atoms with van der Waals surface area (Å²) in [5, 5.41) is 0. The Morgan fingerprint density at radius 2 is 2.00 bits per heavy atom. The first-order valence-corrected chi connectivity index (χ1v) is 8.85. The minimum atomic E-state index is 0.597. The van der Waals surface area contributed by atoms with Crippen molar-refractivity contribution in [3.8, 4) is 0 Å². The third-order valence-electron chi connectivity index (χ3n) is 5.06. The van der Waals surface area contributed by atoms with E-state index in [1.165, 1.54) is 62.9 Å². The van der Waals surface area contributed by atoms with Crippen molar-refractivity contribution in [2.24, 2.45) is 5.92 Å². The minimum absolute atomic E-state index is 0.597. The van der Waals surface area contributed by atoms with E-state index in [0.717, 1.165) is 5.92 Å². The van der Waals surface area contributed by atoms with E-state index in [2.05, 4.69) is 26.0 Å². The third kappa shape index (κ3) is 1.72. The molecule has 0 saturated carbocycles. The monoisotopic (exact) mass is 393 g/mol. The molecule has 0 heterocycles. The van der Waals surface area contributed by atoms with Gasteiger partial charge in [0.1, 0.15) is 0 Å². The Hall–Kier alpha value is 0.0901. The molecular weight excluding hydrogens is 371 g/mol. The fourth-order valence-electron chi connectivity index (χ4n) is 3.78. The van der Waals surface area contributed by atoms with Crippen LogP contribution in [0.15, 0.2) is 12.1 Å². The average Bonchev–Trinajstić information content (AvgIpc) is 2.93. The van der Waals surface area contributed by atoms with Crippen molar-refractivity contribution >= 4 is 0 Å². The second-order valence-corrected chi connectivity index (χ2v) is 9.08. The van der Waals surface area contributed by atoms with Gasteiger partial charge in [-0.2, -0.15) is 0 Å². The molecule has 0 aliphatic heterocycles. The number of rotatable bonds is 2. The summed E-state index contributed by atoms with van der Waals surface area (Å²) in [4.78, 5) is 0. The standard InChI is InChI=1S/C16H21.Hf/c1-3-11(2)14-10-9-13-8-7-12-5-4-6-15(12)16(13)14;/h7-8,11H,3-6,9-10H2,1-2H3;. The molecule has 0 radical (unpaired) electrons. The van der Waals surface area contributed by atoms with Crippen LogP contribution in [0.25, 0.3) is 0 Å². The van der Waals surface area contributed by atoms with Crippen LogP contribution in [-0.4, -0.2) is 0 Å². The molecule has 89 valence electrons. The molecule has 0 bridgehead atoms. The Morgan fingerprint density at radius 1 is 1.24 bits per heavy atom. The van der Waals surface area contributed by atoms with Gasteiger partial charge in [-0.25, -0.2) is 0 Å². The van der Waals surface area contributed by atoms with E-state index in [-0.39, 0.29) is 0 Å². The van der Waals surface area contributed by atoms with Crippen molar-refractivity contribution in [3.63, 3.8) is 0 Å². The van der Waals surface area contributed by atoms with Gasteiger partial charge in [-0.3, -0.25) is 0 Å². The normalized spacial score (nSPS) is 27.8. The van der Waals surface area contributed by atoms with Gasteiger partial charge in [-0.1, -0.05) is 0 Å². The van der Waals surface area contributed by atoms with Crippen molar-refractivity contribution < 1.29 is 24.4 Å². The Morgan fingerprint density at radius 3 is 2.76 bits per heavy atom. The van der Waals surface area contributed by atoms with Crippen molar-refractivity contribution in [1.29, 1.82) is 0 Å². The van der Waals surface area contributed by atoms with Crippen LogP contribution in [-0.2, 0) is 46.8 Å². The summed E-state index contributed by atoms with van der Waals surface area (Å²) in [6.07, 6.45) is 8.20. The first-order chi connectivity index (χ1) is 8.16. The Balaban J connectivity index is 2.15. The van der Waals surface area contributed by atoms with E-state index >= 15 is 0 Å². The van der Waals surface area contributed by atoms with E-state index < -0.39 is 0 Å². The Labute approximate surface area is 120 Å². The van der Waals surface area contributed by atoms with Crippen LogP contribution in [0.2, 0.25) is 0 Å². The first kappa shape index (κ1) is 12.1. The van der Waals surface area contributed by atoms with Crippen LogP contribution in [0.5, 0.6) is 0 Å². The van der Waals surface area contributed by atoms with Crippen molar-refractivity contribution in [3.05, 3.63) is 34.4 Å². The summed E-state index contributed by atoms with van der Waals surface area (Å²) in [6, 6.07) is 4.87. The van der Waals surface area contributed by atoms with Crippen LogP contribution >= 0.6 is 0 Å². The fraction of sp³-hybridized carbons (Fsp3) is 0.625. The molecule has 2 aliphatic carbocycles. The Kier molecular flexibility index (Phi) is 3.09. The molecule has 1 aromatic carbocycles. The summed E-state index contributed by atoms with van der Waals surface area (Å²) >= 11 is 1.33. The fourth-order valence-corrected chi connectivity index (χ4v) is 6.08. The molecule has 0 aromatic heterocycles. The van der Waals surface area contributed by atoms with Crippen molar-refractivity contribution in [2.45, 2.75) is 55.5 Å². The maximum atomic E-state index is 2.48. The molecule has 2 unspecified atom stereocenters. The number of benzene rings is 1. The zero-order chi connectivity index (χ0) is 12.0. The molecule has 3 rings (SSSR count). The third-order valence-corrected chi connectivity index (χ3v) is 8.62. The molecule has 1 heteroatoms. The molecule has 1 aromatic rings. The van der Waals surface area contributed by atoms with Gasteiger partial charge >= 0.3 is 120 Å². The summed E-state index contributed by atoms with van der Waals surface area (Å²) in [6.45, 7) is 4.85. The van der Waals surface area contributed by atoms with E-state index in [1.54, 1.807) is 16.7 Å². The first-order valence-electron chi connectivity index (χ1n) is 7.06. The van der Waals surface area contributed by atoms with E-state index in [9.17, 15) is 0 Å². The predicted molar refractivity (Wildman–Crippen MR) is 67.9 cm³/mol. The molecule has 0 amide bonds. The quantitative estimate of drug-likeness (QED) is 0.671. The average molecular weight is 392 g/mol. The van der Waals surface area contributed by atoms with Gasteiger partial charge in [0, 0.05) is 0 Å². The van der Waals surface area contributed by atoms with E-state index in [1.807, 2.05) is 5.56 Å². The second-order valence-electron chi connectivity index (χ2n) is 5.87. The molecule has 2 aliphatic rings. The molecule has 0 fully saturated rings. The van der Waals surface area contributed by atoms with Gasteiger partial charge in [-0.05, 0) is 0 Å². The van der Waals surface area contributed by atoms with Crippen LogP contribution in [0.1, 0.15) is 55.4 Å². The maximum absolute atomic E-state index is 2.48. The topological polar surface area (TPSA) is 0 Å². The number of aryl methyl sites for hydroxylation is 2. The second kappa shape index (κ2) is 4.33. The zero-order valence-corrected chi connectivity index (χ0v) is 14.6. The van der Waals surface area contributed by atoms with Gasteiger partial charge < -0.3 is 0 Å². The van der Waals surface area contributed by atoms with Crippen LogP contribution in [0, 0.1) is 5.92 Å². The van der Waals surface area contributed by atoms with Crippen molar-refractivity contribution in [1.82, 2.24) is 0 Å². The summed E-state index contributed by atoms with van der Waals surface area (Å²) in [7, 11) is 0.